The van der Waals surface area contributed by atoms with Gasteiger partial charge in [-0.25, -0.2) is 4.98 Å². The minimum atomic E-state index is -0.145. The minimum absolute atomic E-state index is 0.0475. The van der Waals surface area contributed by atoms with Crippen LogP contribution in [0.5, 0.6) is 0 Å². The quantitative estimate of drug-likeness (QED) is 0.717. The second-order valence-electron chi connectivity index (χ2n) is 3.44. The lowest BCUT2D eigenvalue weighted by Gasteiger charge is -2.11. The average molecular weight is 243 g/mol. The van der Waals surface area contributed by atoms with E-state index in [-0.39, 0.29) is 18.6 Å². The van der Waals surface area contributed by atoms with Crippen LogP contribution in [0, 0.1) is 6.92 Å². The number of carbonyl (C=O) groups excluding carboxylic acids is 1. The van der Waals surface area contributed by atoms with E-state index in [1.807, 2.05) is 13.8 Å². The Morgan fingerprint density at radius 3 is 3.06 bits per heavy atom. The average Bonchev–Trinajstić information content (AvgIpc) is 2.65. The van der Waals surface area contributed by atoms with E-state index in [2.05, 4.69) is 10.3 Å². The Hall–Kier alpha value is -0.980. The van der Waals surface area contributed by atoms with E-state index in [0.29, 0.717) is 13.2 Å². The predicted octanol–water partition coefficient (Wildman–Crippen LogP) is 0.604. The van der Waals surface area contributed by atoms with Crippen molar-refractivity contribution in [1.82, 2.24) is 10.3 Å². The monoisotopic (exact) mass is 243 g/mol. The number of nitrogens with zero attached hydrogens (tertiary/aromatic N) is 1. The largest absolute Gasteiger partial charge is 0.370 e. The number of hydrogen-bond donors (Lipinski definition) is 2. The van der Waals surface area contributed by atoms with Gasteiger partial charge in [0.05, 0.1) is 12.6 Å². The molecule has 0 aliphatic carbocycles. The highest BCUT2D eigenvalue weighted by atomic mass is 32.1. The number of rotatable bonds is 6. The van der Waals surface area contributed by atoms with Crippen molar-refractivity contribution in [3.8, 4) is 0 Å². The molecule has 90 valence electrons. The molecule has 0 aliphatic rings. The van der Waals surface area contributed by atoms with Gasteiger partial charge < -0.3 is 15.8 Å². The summed E-state index contributed by atoms with van der Waals surface area (Å²) in [5, 5.41) is 3.72. The molecule has 0 bridgehead atoms. The van der Waals surface area contributed by atoms with Crippen LogP contribution < -0.4 is 11.1 Å². The Balaban J connectivity index is 2.33. The fourth-order valence-electron chi connectivity index (χ4n) is 1.17. The molecule has 6 heteroatoms. The molecule has 3 N–H and O–H groups in total. The summed E-state index contributed by atoms with van der Waals surface area (Å²) in [6.07, 6.45) is 1.80. The molecule has 1 atom stereocenters. The van der Waals surface area contributed by atoms with E-state index in [4.69, 9.17) is 10.5 Å². The molecule has 0 radical (unpaired) electrons. The van der Waals surface area contributed by atoms with Crippen LogP contribution in [0.1, 0.15) is 22.9 Å². The molecule has 1 aromatic rings. The standard InChI is InChI=1S/C10H17N3O2S/c1-7-5-12-10(16-7)8(2)13-9(14)6-15-4-3-11/h5,8H,3-4,6,11H2,1-2H3,(H,13,14). The Labute approximate surface area is 99.0 Å². The zero-order valence-electron chi connectivity index (χ0n) is 9.53. The summed E-state index contributed by atoms with van der Waals surface area (Å²) in [5.74, 6) is -0.145. The maximum Gasteiger partial charge on any atom is 0.246 e. The Kier molecular flexibility index (Phi) is 5.37. The zero-order valence-corrected chi connectivity index (χ0v) is 10.3. The number of amides is 1. The SMILES string of the molecule is Cc1cnc(C(C)NC(=O)COCCN)s1. The fraction of sp³-hybridized carbons (Fsp3) is 0.600. The van der Waals surface area contributed by atoms with E-state index >= 15 is 0 Å². The van der Waals surface area contributed by atoms with Gasteiger partial charge in [0.2, 0.25) is 5.91 Å². The highest BCUT2D eigenvalue weighted by Crippen LogP contribution is 2.18. The summed E-state index contributed by atoms with van der Waals surface area (Å²) in [6.45, 7) is 4.76. The fourth-order valence-corrected chi connectivity index (χ4v) is 1.94. The van der Waals surface area contributed by atoms with Gasteiger partial charge >= 0.3 is 0 Å². The number of carbonyl (C=O) groups is 1. The summed E-state index contributed by atoms with van der Waals surface area (Å²) < 4.78 is 5.03. The molecule has 0 saturated carbocycles. The van der Waals surface area contributed by atoms with E-state index in [1.54, 1.807) is 17.5 Å². The first-order chi connectivity index (χ1) is 7.63. The molecule has 0 aliphatic heterocycles. The van der Waals surface area contributed by atoms with Crippen molar-refractivity contribution >= 4 is 17.2 Å². The number of aryl methyl sites for hydroxylation is 1. The molecule has 0 fully saturated rings. The van der Waals surface area contributed by atoms with Crippen LogP contribution in [-0.4, -0.2) is 30.6 Å². The van der Waals surface area contributed by atoms with Crippen LogP contribution in [0.3, 0.4) is 0 Å². The predicted molar refractivity (Wildman–Crippen MR) is 63.3 cm³/mol. The van der Waals surface area contributed by atoms with Crippen LogP contribution in [0.15, 0.2) is 6.20 Å². The second kappa shape index (κ2) is 6.57. The normalized spacial score (nSPS) is 12.4. The van der Waals surface area contributed by atoms with E-state index < -0.39 is 0 Å². The highest BCUT2D eigenvalue weighted by Gasteiger charge is 2.12. The van der Waals surface area contributed by atoms with Gasteiger partial charge in [0.1, 0.15) is 11.6 Å². The lowest BCUT2D eigenvalue weighted by atomic mass is 10.3. The number of thiazole rings is 1. The van der Waals surface area contributed by atoms with Crippen molar-refractivity contribution in [2.45, 2.75) is 19.9 Å². The van der Waals surface area contributed by atoms with Crippen molar-refractivity contribution in [3.05, 3.63) is 16.1 Å². The summed E-state index contributed by atoms with van der Waals surface area (Å²) in [7, 11) is 0. The first-order valence-corrected chi connectivity index (χ1v) is 5.94. The van der Waals surface area contributed by atoms with Crippen LogP contribution in [0.25, 0.3) is 0 Å². The maximum absolute atomic E-state index is 11.4. The van der Waals surface area contributed by atoms with Crippen molar-refractivity contribution in [2.75, 3.05) is 19.8 Å². The van der Waals surface area contributed by atoms with Gasteiger partial charge in [0.25, 0.3) is 0 Å². The van der Waals surface area contributed by atoms with Gasteiger partial charge in [-0.1, -0.05) is 0 Å². The summed E-state index contributed by atoms with van der Waals surface area (Å²) in [4.78, 5) is 16.8. The summed E-state index contributed by atoms with van der Waals surface area (Å²) >= 11 is 1.58. The summed E-state index contributed by atoms with van der Waals surface area (Å²) in [5.41, 5.74) is 5.24. The molecular formula is C10H17N3O2S. The third kappa shape index (κ3) is 4.26. The van der Waals surface area contributed by atoms with E-state index in [1.165, 1.54) is 0 Å². The van der Waals surface area contributed by atoms with Crippen LogP contribution in [0.2, 0.25) is 0 Å². The maximum atomic E-state index is 11.4. The van der Waals surface area contributed by atoms with Gasteiger partial charge in [-0.2, -0.15) is 0 Å². The smallest absolute Gasteiger partial charge is 0.246 e. The molecule has 0 saturated heterocycles. The molecule has 1 heterocycles. The van der Waals surface area contributed by atoms with Crippen molar-refractivity contribution in [1.29, 1.82) is 0 Å². The first kappa shape index (κ1) is 13.1. The Morgan fingerprint density at radius 1 is 1.75 bits per heavy atom. The number of nitrogens with two attached hydrogens (primary N) is 1. The Morgan fingerprint density at radius 2 is 2.50 bits per heavy atom. The highest BCUT2D eigenvalue weighted by molar-refractivity contribution is 7.11. The van der Waals surface area contributed by atoms with Crippen molar-refractivity contribution in [3.63, 3.8) is 0 Å². The topological polar surface area (TPSA) is 77.2 Å². The van der Waals surface area contributed by atoms with Crippen molar-refractivity contribution < 1.29 is 9.53 Å². The molecule has 1 amide bonds. The first-order valence-electron chi connectivity index (χ1n) is 5.13. The molecule has 0 aromatic carbocycles. The zero-order chi connectivity index (χ0) is 12.0. The number of aromatic nitrogens is 1. The molecular weight excluding hydrogens is 226 g/mol. The Bertz CT molecular complexity index is 341. The van der Waals surface area contributed by atoms with Crippen LogP contribution in [-0.2, 0) is 9.53 Å². The molecule has 16 heavy (non-hydrogen) atoms. The molecule has 1 unspecified atom stereocenters. The number of nitrogens with one attached hydrogen (secondary N) is 1. The summed E-state index contributed by atoms with van der Waals surface area (Å²) in [6, 6.07) is -0.0762. The van der Waals surface area contributed by atoms with Crippen LogP contribution in [0.4, 0.5) is 0 Å². The molecule has 1 rings (SSSR count). The molecule has 5 nitrogen and oxygen atoms in total. The molecule has 0 spiro atoms. The van der Waals surface area contributed by atoms with Gasteiger partial charge in [0, 0.05) is 17.6 Å². The van der Waals surface area contributed by atoms with Gasteiger partial charge in [-0.3, -0.25) is 4.79 Å². The number of hydrogen-bond acceptors (Lipinski definition) is 5. The van der Waals surface area contributed by atoms with Crippen LogP contribution >= 0.6 is 11.3 Å². The van der Waals surface area contributed by atoms with E-state index in [0.717, 1.165) is 9.88 Å². The third-order valence-corrected chi connectivity index (χ3v) is 2.98. The van der Waals surface area contributed by atoms with Gasteiger partial charge in [-0.15, -0.1) is 11.3 Å². The lowest BCUT2D eigenvalue weighted by molar-refractivity contribution is -0.126. The second-order valence-corrected chi connectivity index (χ2v) is 4.71. The minimum Gasteiger partial charge on any atom is -0.370 e. The molecule has 1 aromatic heterocycles. The van der Waals surface area contributed by atoms with Crippen molar-refractivity contribution in [2.24, 2.45) is 5.73 Å². The van der Waals surface area contributed by atoms with Gasteiger partial charge in [-0.05, 0) is 13.8 Å². The number of ether oxygens (including phenoxy) is 1. The third-order valence-electron chi connectivity index (χ3n) is 1.88. The van der Waals surface area contributed by atoms with E-state index in [9.17, 15) is 4.79 Å². The van der Waals surface area contributed by atoms with Gasteiger partial charge in [0.15, 0.2) is 0 Å². The lowest BCUT2D eigenvalue weighted by Crippen LogP contribution is -2.30.